The molecule has 0 bridgehead atoms. The Kier molecular flexibility index (Phi) is 3.51. The number of nitro groups is 1. The second-order valence-electron chi connectivity index (χ2n) is 4.49. The van der Waals surface area contributed by atoms with Crippen LogP contribution in [0.3, 0.4) is 0 Å². The summed E-state index contributed by atoms with van der Waals surface area (Å²) < 4.78 is 0. The number of hydrogen-bond donors (Lipinski definition) is 0. The van der Waals surface area contributed by atoms with Gasteiger partial charge in [-0.05, 0) is 24.3 Å². The molecule has 0 aliphatic rings. The Labute approximate surface area is 128 Å². The normalized spacial score (nSPS) is 10.6. The van der Waals surface area contributed by atoms with Gasteiger partial charge in [-0.1, -0.05) is 11.3 Å². The van der Waals surface area contributed by atoms with Gasteiger partial charge < -0.3 is 4.90 Å². The van der Waals surface area contributed by atoms with E-state index in [9.17, 15) is 14.9 Å². The third kappa shape index (κ3) is 2.51. The number of pyridine rings is 1. The van der Waals surface area contributed by atoms with Crippen molar-refractivity contribution in [2.24, 2.45) is 0 Å². The monoisotopic (exact) mass is 314 g/mol. The van der Waals surface area contributed by atoms with Crippen molar-refractivity contribution in [1.29, 1.82) is 0 Å². The van der Waals surface area contributed by atoms with E-state index >= 15 is 0 Å². The number of non-ortho nitro benzene ring substituents is 1. The number of rotatable bonds is 3. The molecule has 1 aromatic carbocycles. The lowest BCUT2D eigenvalue weighted by atomic mass is 10.3. The first-order chi connectivity index (χ1) is 10.6. The number of fused-ring (bicyclic) bond motifs is 1. The Bertz CT molecular complexity index is 908. The summed E-state index contributed by atoms with van der Waals surface area (Å²) in [5.74, 6) is 0. The van der Waals surface area contributed by atoms with E-state index in [4.69, 9.17) is 0 Å². The molecule has 0 saturated carbocycles. The fraction of sp³-hybridized carbons (Fsp3) is 0.0714. The van der Waals surface area contributed by atoms with E-state index < -0.39 is 4.92 Å². The minimum Gasteiger partial charge on any atom is -0.321 e. The van der Waals surface area contributed by atoms with Crippen LogP contribution in [0.25, 0.3) is 10.2 Å². The van der Waals surface area contributed by atoms with Gasteiger partial charge in [0.05, 0.1) is 10.3 Å². The maximum atomic E-state index is 12.0. The Morgan fingerprint density at radius 3 is 2.64 bits per heavy atom. The van der Waals surface area contributed by atoms with Gasteiger partial charge in [0.15, 0.2) is 5.13 Å². The van der Waals surface area contributed by atoms with Crippen molar-refractivity contribution in [3.63, 3.8) is 0 Å². The Morgan fingerprint density at radius 1 is 1.23 bits per heavy atom. The standard InChI is InChI=1S/C14H10N4O3S/c1-17(9-4-6-10(7-5-9)18(20)21)14-16-12(19)11-3-2-8-15-13(11)22-14/h2-8H,1H3. The van der Waals surface area contributed by atoms with E-state index in [1.807, 2.05) is 0 Å². The first kappa shape index (κ1) is 14.1. The fourth-order valence-corrected chi connectivity index (χ4v) is 2.87. The van der Waals surface area contributed by atoms with Gasteiger partial charge in [0.1, 0.15) is 4.83 Å². The topological polar surface area (TPSA) is 89.2 Å². The predicted molar refractivity (Wildman–Crippen MR) is 84.8 cm³/mol. The van der Waals surface area contributed by atoms with Crippen molar-refractivity contribution in [3.8, 4) is 0 Å². The lowest BCUT2D eigenvalue weighted by Crippen LogP contribution is -2.15. The van der Waals surface area contributed by atoms with Crippen LogP contribution in [-0.2, 0) is 0 Å². The van der Waals surface area contributed by atoms with Crippen LogP contribution in [0.5, 0.6) is 0 Å². The van der Waals surface area contributed by atoms with Crippen molar-refractivity contribution in [2.45, 2.75) is 0 Å². The van der Waals surface area contributed by atoms with E-state index in [1.165, 1.54) is 23.5 Å². The molecule has 0 unspecified atom stereocenters. The molecule has 2 aromatic heterocycles. The molecule has 0 fully saturated rings. The van der Waals surface area contributed by atoms with Gasteiger partial charge in [-0.25, -0.2) is 4.98 Å². The van der Waals surface area contributed by atoms with Crippen LogP contribution < -0.4 is 10.5 Å². The molecule has 0 saturated heterocycles. The summed E-state index contributed by atoms with van der Waals surface area (Å²) >= 11 is 1.28. The van der Waals surface area contributed by atoms with Crippen LogP contribution in [0, 0.1) is 10.1 Å². The van der Waals surface area contributed by atoms with Gasteiger partial charge in [0.25, 0.3) is 11.2 Å². The van der Waals surface area contributed by atoms with Gasteiger partial charge >= 0.3 is 0 Å². The molecule has 110 valence electrons. The minimum absolute atomic E-state index is 0.0125. The number of nitrogens with zero attached hydrogens (tertiary/aromatic N) is 4. The SMILES string of the molecule is CN(c1ccc([N+](=O)[O-])cc1)c1nc(=O)c2cccnc2s1. The van der Waals surface area contributed by atoms with Crippen LogP contribution >= 0.6 is 11.3 Å². The maximum absolute atomic E-state index is 12.0. The highest BCUT2D eigenvalue weighted by Crippen LogP contribution is 2.28. The Morgan fingerprint density at radius 2 is 1.95 bits per heavy atom. The zero-order valence-corrected chi connectivity index (χ0v) is 12.3. The van der Waals surface area contributed by atoms with Gasteiger partial charge in [-0.2, -0.15) is 4.98 Å². The second-order valence-corrected chi connectivity index (χ2v) is 5.45. The Balaban J connectivity index is 2.03. The number of hydrogen-bond acceptors (Lipinski definition) is 7. The number of anilines is 2. The van der Waals surface area contributed by atoms with E-state index in [0.29, 0.717) is 21.0 Å². The van der Waals surface area contributed by atoms with E-state index in [0.717, 1.165) is 0 Å². The molecule has 0 aliphatic carbocycles. The van der Waals surface area contributed by atoms with Gasteiger partial charge in [-0.3, -0.25) is 14.9 Å². The molecule has 0 amide bonds. The molecule has 0 N–H and O–H groups in total. The summed E-state index contributed by atoms with van der Waals surface area (Å²) in [6.07, 6.45) is 1.62. The molecule has 3 rings (SSSR count). The van der Waals surface area contributed by atoms with Gasteiger partial charge in [0, 0.05) is 31.1 Å². The summed E-state index contributed by atoms with van der Waals surface area (Å²) in [6, 6.07) is 9.42. The van der Waals surface area contributed by atoms with Gasteiger partial charge in [0.2, 0.25) is 0 Å². The first-order valence-electron chi connectivity index (χ1n) is 6.30. The zero-order chi connectivity index (χ0) is 15.7. The van der Waals surface area contributed by atoms with Crippen molar-refractivity contribution < 1.29 is 4.92 Å². The van der Waals surface area contributed by atoms with E-state index in [-0.39, 0.29) is 11.2 Å². The van der Waals surface area contributed by atoms with Gasteiger partial charge in [-0.15, -0.1) is 0 Å². The van der Waals surface area contributed by atoms with Crippen molar-refractivity contribution >= 4 is 38.1 Å². The summed E-state index contributed by atoms with van der Waals surface area (Å²) in [5, 5.41) is 11.6. The molecule has 0 spiro atoms. The van der Waals surface area contributed by atoms with E-state index in [2.05, 4.69) is 9.97 Å². The third-order valence-corrected chi connectivity index (χ3v) is 4.19. The average Bonchev–Trinajstić information content (AvgIpc) is 2.54. The number of nitro benzene ring substituents is 1. The van der Waals surface area contributed by atoms with Crippen LogP contribution in [0.15, 0.2) is 47.4 Å². The molecule has 0 aliphatic heterocycles. The zero-order valence-electron chi connectivity index (χ0n) is 11.5. The summed E-state index contributed by atoms with van der Waals surface area (Å²) in [4.78, 5) is 32.8. The molecule has 0 atom stereocenters. The van der Waals surface area contributed by atoms with Crippen molar-refractivity contribution in [3.05, 3.63) is 63.1 Å². The first-order valence-corrected chi connectivity index (χ1v) is 7.12. The number of aromatic nitrogens is 2. The van der Waals surface area contributed by atoms with Crippen LogP contribution in [0.1, 0.15) is 0 Å². The largest absolute Gasteiger partial charge is 0.321 e. The highest BCUT2D eigenvalue weighted by atomic mass is 32.1. The average molecular weight is 314 g/mol. The molecule has 7 nitrogen and oxygen atoms in total. The molecule has 8 heteroatoms. The fourth-order valence-electron chi connectivity index (χ4n) is 1.94. The van der Waals surface area contributed by atoms with E-state index in [1.54, 1.807) is 42.4 Å². The predicted octanol–water partition coefficient (Wildman–Crippen LogP) is 2.73. The quantitative estimate of drug-likeness (QED) is 0.545. The number of benzene rings is 1. The molecule has 0 radical (unpaired) electrons. The highest BCUT2D eigenvalue weighted by molar-refractivity contribution is 7.21. The highest BCUT2D eigenvalue weighted by Gasteiger charge is 2.12. The van der Waals surface area contributed by atoms with Crippen LogP contribution in [0.2, 0.25) is 0 Å². The molecule has 2 heterocycles. The lowest BCUT2D eigenvalue weighted by Gasteiger charge is -2.16. The second kappa shape index (κ2) is 5.49. The Hall–Kier alpha value is -2.87. The van der Waals surface area contributed by atoms with Crippen molar-refractivity contribution in [1.82, 2.24) is 9.97 Å². The molecular weight excluding hydrogens is 304 g/mol. The summed E-state index contributed by atoms with van der Waals surface area (Å²) in [5.41, 5.74) is 0.369. The molecular formula is C14H10N4O3S. The smallest absolute Gasteiger partial charge is 0.282 e. The molecule has 3 aromatic rings. The summed E-state index contributed by atoms with van der Waals surface area (Å²) in [7, 11) is 1.74. The summed E-state index contributed by atoms with van der Waals surface area (Å²) in [6.45, 7) is 0. The van der Waals surface area contributed by atoms with Crippen molar-refractivity contribution in [2.75, 3.05) is 11.9 Å². The van der Waals surface area contributed by atoms with Crippen LogP contribution in [0.4, 0.5) is 16.5 Å². The maximum Gasteiger partial charge on any atom is 0.282 e. The third-order valence-electron chi connectivity index (χ3n) is 3.12. The minimum atomic E-state index is -0.458. The lowest BCUT2D eigenvalue weighted by molar-refractivity contribution is -0.384. The van der Waals surface area contributed by atoms with Crippen LogP contribution in [-0.4, -0.2) is 21.9 Å². The molecule has 22 heavy (non-hydrogen) atoms.